The molecule has 0 radical (unpaired) electrons. The molecule has 2 aliphatic rings. The third kappa shape index (κ3) is 17.6. The van der Waals surface area contributed by atoms with E-state index in [2.05, 4.69) is 31.6 Å². The molecule has 2 aromatic carbocycles. The van der Waals surface area contributed by atoms with Crippen molar-refractivity contribution in [2.75, 3.05) is 49.5 Å². The summed E-state index contributed by atoms with van der Waals surface area (Å²) in [4.78, 5) is 117. The summed E-state index contributed by atoms with van der Waals surface area (Å²) in [6.07, 6.45) is 5.14. The molecular weight excluding hydrogens is 1060 g/mol. The highest BCUT2D eigenvalue weighted by molar-refractivity contribution is 7.59. The number of benzene rings is 2. The predicted molar refractivity (Wildman–Crippen MR) is 301 cm³/mol. The second kappa shape index (κ2) is 30.8. The number of nitrogens with two attached hydrogens (primary N) is 1. The van der Waals surface area contributed by atoms with Gasteiger partial charge in [-0.2, -0.15) is 40.5 Å². The van der Waals surface area contributed by atoms with E-state index >= 15 is 4.39 Å². The summed E-state index contributed by atoms with van der Waals surface area (Å²) in [6.45, 7) is 8.85. The Balaban J connectivity index is 0.00000507. The van der Waals surface area contributed by atoms with Crippen LogP contribution in [-0.4, -0.2) is 127 Å². The van der Waals surface area contributed by atoms with Gasteiger partial charge in [-0.05, 0) is 75.3 Å². The van der Waals surface area contributed by atoms with Gasteiger partial charge in [0.25, 0.3) is 0 Å². The minimum atomic E-state index is -1.39. The summed E-state index contributed by atoms with van der Waals surface area (Å²) in [5.41, 5.74) is 6.08. The zero-order chi connectivity index (χ0) is 52.9. The molecule has 0 bridgehead atoms. The first-order valence-electron chi connectivity index (χ1n) is 24.4. The number of piperazine rings is 1. The molecule has 0 saturated carbocycles. The second-order valence-corrected chi connectivity index (χ2v) is 18.3. The van der Waals surface area contributed by atoms with Gasteiger partial charge in [0.05, 0.1) is 23.4 Å². The van der Waals surface area contributed by atoms with Crippen LogP contribution >= 0.6 is 40.5 Å². The van der Waals surface area contributed by atoms with Crippen LogP contribution in [0.15, 0.2) is 53.6 Å². The lowest BCUT2D eigenvalue weighted by molar-refractivity contribution is -0.138. The number of hydrogen-bond acceptors (Lipinski definition) is 13. The fourth-order valence-corrected chi connectivity index (χ4v) is 8.65. The van der Waals surface area contributed by atoms with Gasteiger partial charge in [0.1, 0.15) is 35.8 Å². The normalized spacial score (nSPS) is 14.2. The number of carboxylic acids is 1. The fraction of sp³-hybridized carbons (Fsp3) is 0.500. The maximum Gasteiger partial charge on any atom is 0.410 e. The number of anilines is 2. The average Bonchev–Trinajstić information content (AvgIpc) is 3.97. The number of nitrogens with zero attached hydrogens (tertiary/aromatic N) is 7. The first kappa shape index (κ1) is 66.2. The summed E-state index contributed by atoms with van der Waals surface area (Å²) in [7, 11) is 0. The second-order valence-electron chi connectivity index (χ2n) is 18.3. The van der Waals surface area contributed by atoms with Crippen molar-refractivity contribution in [3.63, 3.8) is 0 Å². The molecular formula is C50H73FN12O11S3. The van der Waals surface area contributed by atoms with Gasteiger partial charge in [0, 0.05) is 82.3 Å². The molecule has 0 aliphatic carbocycles. The number of likely N-dealkylation sites (tertiary alicyclic amines) is 1. The van der Waals surface area contributed by atoms with Crippen LogP contribution in [0, 0.1) is 11.7 Å². The van der Waals surface area contributed by atoms with Crippen molar-refractivity contribution in [1.82, 2.24) is 45.3 Å². The van der Waals surface area contributed by atoms with E-state index < -0.39 is 64.8 Å². The van der Waals surface area contributed by atoms with Crippen LogP contribution < -0.4 is 37.3 Å². The number of carboxylic acid groups (broad SMARTS) is 1. The van der Waals surface area contributed by atoms with E-state index in [-0.39, 0.29) is 148 Å². The molecule has 23 nitrogen and oxygen atoms in total. The van der Waals surface area contributed by atoms with Gasteiger partial charge in [-0.25, -0.2) is 23.5 Å². The van der Waals surface area contributed by atoms with Crippen LogP contribution in [0.2, 0.25) is 0 Å². The molecule has 2 saturated heterocycles. The first-order chi connectivity index (χ1) is 34.8. The van der Waals surface area contributed by atoms with Gasteiger partial charge < -0.3 is 51.2 Å². The highest BCUT2D eigenvalue weighted by Crippen LogP contribution is 2.28. The Morgan fingerprint density at radius 1 is 0.857 bits per heavy atom. The molecule has 2 aromatic heterocycles. The Bertz CT molecular complexity index is 2760. The standard InChI is InChI=1S/C49H63FN12O11.CH4.3H2S/c1-5-58-26-34(47(69)70)44(66)33-24-35(50)39(25-38(33)58)59-20-22-60(23-21-59)49(72)73-28-31-12-14-32(15-13-31)54-46(68)37(10-9-18-52-48(51)71)62-27-36(56-57-62)43(29(2)3)55-45(67)30(4)53-40(63)11-7-6-8-19-61-41(64)16-17-42(61)65;;;;/h12-15,24-27,29-30,37,43H,5-11,16-23,28H2,1-4H3,(H,53,63)(H,54,68)(H,55,67)(H,69,70)(H3,51,52,71);1H4;3*1H2/t30-,37-,43-;;;;/m0..../s1. The van der Waals surface area contributed by atoms with E-state index in [1.165, 1.54) is 26.7 Å². The zero-order valence-electron chi connectivity index (χ0n) is 42.9. The van der Waals surface area contributed by atoms with Crippen molar-refractivity contribution < 1.29 is 52.6 Å². The molecule has 424 valence electrons. The Morgan fingerprint density at radius 2 is 1.52 bits per heavy atom. The number of rotatable bonds is 23. The number of pyridine rings is 1. The van der Waals surface area contributed by atoms with Gasteiger partial charge in [-0.1, -0.05) is 45.0 Å². The van der Waals surface area contributed by atoms with Gasteiger partial charge >= 0.3 is 18.1 Å². The number of carbonyl (C=O) groups is 8. The molecule has 2 fully saturated rings. The summed E-state index contributed by atoms with van der Waals surface area (Å²) in [6, 6.07) is 6.06. The van der Waals surface area contributed by atoms with E-state index in [0.29, 0.717) is 61.2 Å². The number of aromatic nitrogens is 4. The maximum atomic E-state index is 15.4. The lowest BCUT2D eigenvalue weighted by Gasteiger charge is -2.35. The first-order valence-corrected chi connectivity index (χ1v) is 24.4. The molecule has 77 heavy (non-hydrogen) atoms. The topological polar surface area (TPSA) is 303 Å². The van der Waals surface area contributed by atoms with Crippen molar-refractivity contribution in [2.45, 2.75) is 118 Å². The van der Waals surface area contributed by atoms with Crippen LogP contribution in [0.4, 0.5) is 25.4 Å². The molecule has 0 spiro atoms. The van der Waals surface area contributed by atoms with Gasteiger partial charge in [0.2, 0.25) is 35.0 Å². The Labute approximate surface area is 466 Å². The highest BCUT2D eigenvalue weighted by Gasteiger charge is 2.30. The van der Waals surface area contributed by atoms with Crippen molar-refractivity contribution >= 4 is 110 Å². The van der Waals surface area contributed by atoms with E-state index in [1.54, 1.807) is 53.8 Å². The lowest BCUT2D eigenvalue weighted by Crippen LogP contribution is -2.49. The van der Waals surface area contributed by atoms with Crippen LogP contribution in [-0.2, 0) is 41.9 Å². The SMILES string of the molecule is C.CCn1cc(C(=O)O)c(=O)c2cc(F)c(N3CCN(C(=O)OCc4ccc(NC(=O)[C@H](CCCNC(N)=O)n5cc([C@@H](NC(=O)[C@H](C)NC(=O)CCCCCN6C(=O)CCC6=O)C(C)C)nn5)cc4)CC3)cc21.S.S.S. The number of imide groups is 1. The van der Waals surface area contributed by atoms with Crippen LogP contribution in [0.3, 0.4) is 0 Å². The summed E-state index contributed by atoms with van der Waals surface area (Å²) in [5.74, 6) is -3.84. The number of carbonyl (C=O) groups excluding carboxylic acids is 7. The molecule has 8 amide bonds. The Kier molecular flexibility index (Phi) is 26.5. The number of urea groups is 1. The van der Waals surface area contributed by atoms with Gasteiger partial charge in [-0.3, -0.25) is 33.7 Å². The van der Waals surface area contributed by atoms with Crippen LogP contribution in [0.1, 0.15) is 120 Å². The van der Waals surface area contributed by atoms with E-state index in [1.807, 2.05) is 13.8 Å². The molecule has 27 heteroatoms. The number of nitrogens with one attached hydrogen (secondary N) is 4. The quantitative estimate of drug-likeness (QED) is 0.0439. The zero-order valence-corrected chi connectivity index (χ0v) is 45.9. The summed E-state index contributed by atoms with van der Waals surface area (Å²) >= 11 is 0. The smallest absolute Gasteiger partial charge is 0.410 e. The lowest BCUT2D eigenvalue weighted by atomic mass is 10.0. The number of primary amides is 1. The number of fused-ring (bicyclic) bond motifs is 1. The van der Waals surface area contributed by atoms with Crippen molar-refractivity contribution in [3.05, 3.63) is 81.7 Å². The highest BCUT2D eigenvalue weighted by atomic mass is 32.1. The van der Waals surface area contributed by atoms with Crippen LogP contribution in [0.5, 0.6) is 0 Å². The average molecular weight is 1130 g/mol. The number of amides is 8. The predicted octanol–water partition coefficient (Wildman–Crippen LogP) is 4.54. The van der Waals surface area contributed by atoms with E-state index in [0.717, 1.165) is 6.07 Å². The molecule has 4 aromatic rings. The third-order valence-corrected chi connectivity index (χ3v) is 12.8. The minimum Gasteiger partial charge on any atom is -0.477 e. The molecule has 3 atom stereocenters. The number of halogens is 1. The number of aromatic carboxylic acids is 1. The Hall–Kier alpha value is -6.87. The largest absolute Gasteiger partial charge is 0.477 e. The Morgan fingerprint density at radius 3 is 2.13 bits per heavy atom. The summed E-state index contributed by atoms with van der Waals surface area (Å²) in [5, 5.41) is 29.0. The molecule has 2 aliphatic heterocycles. The van der Waals surface area contributed by atoms with Crippen molar-refractivity contribution in [2.24, 2.45) is 11.7 Å². The number of hydrogen-bond donors (Lipinski definition) is 6. The molecule has 6 rings (SSSR count). The molecule has 0 unspecified atom stereocenters. The number of ether oxygens (including phenoxy) is 1. The van der Waals surface area contributed by atoms with Gasteiger partial charge in [0.15, 0.2) is 0 Å². The van der Waals surface area contributed by atoms with Gasteiger partial charge in [-0.15, -0.1) is 5.10 Å². The maximum absolute atomic E-state index is 15.4. The minimum absolute atomic E-state index is 0. The van der Waals surface area contributed by atoms with E-state index in [9.17, 15) is 48.3 Å². The molecule has 7 N–H and O–H groups in total. The van der Waals surface area contributed by atoms with Crippen molar-refractivity contribution in [1.29, 1.82) is 0 Å². The monoisotopic (exact) mass is 1130 g/mol. The third-order valence-electron chi connectivity index (χ3n) is 12.8. The summed E-state index contributed by atoms with van der Waals surface area (Å²) < 4.78 is 24.0. The van der Waals surface area contributed by atoms with E-state index in [4.69, 9.17) is 10.5 Å². The number of aryl methyl sites for hydroxylation is 1. The molecule has 4 heterocycles. The van der Waals surface area contributed by atoms with Crippen LogP contribution in [0.25, 0.3) is 10.9 Å². The number of unbranched alkanes of at least 4 members (excludes halogenated alkanes) is 2. The fourth-order valence-electron chi connectivity index (χ4n) is 8.65. The van der Waals surface area contributed by atoms with Crippen molar-refractivity contribution in [3.8, 4) is 0 Å².